The van der Waals surface area contributed by atoms with E-state index in [4.69, 9.17) is 0 Å². The van der Waals surface area contributed by atoms with Crippen LogP contribution < -0.4 is 5.32 Å². The highest BCUT2D eigenvalue weighted by Gasteiger charge is 2.24. The zero-order valence-corrected chi connectivity index (χ0v) is 7.05. The highest BCUT2D eigenvalue weighted by atomic mass is 16.1. The molecule has 1 aliphatic carbocycles. The Morgan fingerprint density at radius 3 is 3.17 bits per heavy atom. The first-order chi connectivity index (χ1) is 5.83. The molecule has 0 saturated heterocycles. The Labute approximate surface area is 71.7 Å². The maximum atomic E-state index is 11.3. The van der Waals surface area contributed by atoms with Gasteiger partial charge in [0.05, 0.1) is 0 Å². The summed E-state index contributed by atoms with van der Waals surface area (Å²) in [5.41, 5.74) is 2.94. The van der Waals surface area contributed by atoms with Crippen molar-refractivity contribution in [2.24, 2.45) is 0 Å². The van der Waals surface area contributed by atoms with Crippen molar-refractivity contribution in [3.8, 4) is 0 Å². The van der Waals surface area contributed by atoms with E-state index in [1.165, 1.54) is 0 Å². The summed E-state index contributed by atoms with van der Waals surface area (Å²) in [5.74, 6) is 0.133. The molecule has 1 heterocycles. The van der Waals surface area contributed by atoms with Crippen molar-refractivity contribution < 1.29 is 4.79 Å². The number of ketones is 1. The van der Waals surface area contributed by atoms with Crippen molar-refractivity contribution in [1.29, 1.82) is 0 Å². The Hall–Kier alpha value is -1.31. The first-order valence-electron chi connectivity index (χ1n) is 4.20. The highest BCUT2D eigenvalue weighted by Crippen LogP contribution is 2.28. The molecular weight excluding hydrogens is 150 g/mol. The van der Waals surface area contributed by atoms with Crippen LogP contribution in [-0.4, -0.2) is 12.3 Å². The summed E-state index contributed by atoms with van der Waals surface area (Å²) >= 11 is 0. The second kappa shape index (κ2) is 2.63. The minimum Gasteiger partial charge on any atom is -0.384 e. The van der Waals surface area contributed by atoms with Crippen LogP contribution in [-0.2, 0) is 4.79 Å². The summed E-state index contributed by atoms with van der Waals surface area (Å²) < 4.78 is 0. The second-order valence-electron chi connectivity index (χ2n) is 2.96. The average molecular weight is 161 g/mol. The molecule has 1 N–H and O–H groups in total. The zero-order chi connectivity index (χ0) is 8.55. The predicted octanol–water partition coefficient (Wildman–Crippen LogP) is 1.32. The van der Waals surface area contributed by atoms with Crippen LogP contribution in [0.15, 0.2) is 35.1 Å². The van der Waals surface area contributed by atoms with Crippen LogP contribution in [0.25, 0.3) is 0 Å². The van der Waals surface area contributed by atoms with E-state index in [1.807, 2.05) is 13.0 Å². The lowest BCUT2D eigenvalue weighted by Crippen LogP contribution is -2.18. The molecule has 0 amide bonds. The van der Waals surface area contributed by atoms with E-state index in [-0.39, 0.29) is 5.78 Å². The van der Waals surface area contributed by atoms with Gasteiger partial charge in [-0.3, -0.25) is 4.79 Å². The third-order valence-electron chi connectivity index (χ3n) is 2.22. The van der Waals surface area contributed by atoms with E-state index >= 15 is 0 Å². The minimum atomic E-state index is 0.133. The lowest BCUT2D eigenvalue weighted by Gasteiger charge is -2.14. The van der Waals surface area contributed by atoms with Gasteiger partial charge in [0.25, 0.3) is 0 Å². The van der Waals surface area contributed by atoms with Crippen molar-refractivity contribution in [2.75, 3.05) is 6.54 Å². The van der Waals surface area contributed by atoms with Crippen LogP contribution in [0.3, 0.4) is 0 Å². The van der Waals surface area contributed by atoms with Crippen molar-refractivity contribution >= 4 is 5.78 Å². The smallest absolute Gasteiger partial charge is 0.188 e. The summed E-state index contributed by atoms with van der Waals surface area (Å²) in [5, 5.41) is 3.21. The molecule has 0 saturated carbocycles. The van der Waals surface area contributed by atoms with Crippen LogP contribution in [0.2, 0.25) is 0 Å². The first-order valence-corrected chi connectivity index (χ1v) is 4.20. The molecule has 0 aromatic rings. The number of rotatable bonds is 0. The lowest BCUT2D eigenvalue weighted by atomic mass is 10.0. The van der Waals surface area contributed by atoms with Gasteiger partial charge in [-0.15, -0.1) is 0 Å². The largest absolute Gasteiger partial charge is 0.384 e. The Balaban J connectivity index is 2.47. The normalized spacial score (nSPS) is 24.8. The SMILES string of the molecule is CC=C1C(=O)C=C2NCCC=C21. The third-order valence-corrected chi connectivity index (χ3v) is 2.22. The van der Waals surface area contributed by atoms with Gasteiger partial charge in [0, 0.05) is 29.5 Å². The van der Waals surface area contributed by atoms with Gasteiger partial charge in [-0.2, -0.15) is 0 Å². The summed E-state index contributed by atoms with van der Waals surface area (Å²) in [6.45, 7) is 2.85. The van der Waals surface area contributed by atoms with Gasteiger partial charge in [0.1, 0.15) is 0 Å². The van der Waals surface area contributed by atoms with Crippen molar-refractivity contribution in [1.82, 2.24) is 5.32 Å². The minimum absolute atomic E-state index is 0.133. The number of hydrogen-bond donors (Lipinski definition) is 1. The molecule has 0 atom stereocenters. The highest BCUT2D eigenvalue weighted by molar-refractivity contribution is 6.13. The number of hydrogen-bond acceptors (Lipinski definition) is 2. The Morgan fingerprint density at radius 1 is 1.58 bits per heavy atom. The van der Waals surface area contributed by atoms with E-state index in [9.17, 15) is 4.79 Å². The molecule has 0 bridgehead atoms. The summed E-state index contributed by atoms with van der Waals surface area (Å²) in [7, 11) is 0. The number of carbonyl (C=O) groups is 1. The predicted molar refractivity (Wildman–Crippen MR) is 47.5 cm³/mol. The fraction of sp³-hybridized carbons (Fsp3) is 0.300. The topological polar surface area (TPSA) is 29.1 Å². The Morgan fingerprint density at radius 2 is 2.42 bits per heavy atom. The van der Waals surface area contributed by atoms with Crippen molar-refractivity contribution in [2.45, 2.75) is 13.3 Å². The van der Waals surface area contributed by atoms with E-state index in [2.05, 4.69) is 11.4 Å². The van der Waals surface area contributed by atoms with Gasteiger partial charge in [0.15, 0.2) is 5.78 Å². The molecule has 0 aromatic heterocycles. The number of fused-ring (bicyclic) bond motifs is 1. The van der Waals surface area contributed by atoms with Crippen LogP contribution in [0.1, 0.15) is 13.3 Å². The van der Waals surface area contributed by atoms with Crippen LogP contribution in [0.5, 0.6) is 0 Å². The second-order valence-corrected chi connectivity index (χ2v) is 2.96. The third kappa shape index (κ3) is 0.916. The van der Waals surface area contributed by atoms with Gasteiger partial charge in [-0.25, -0.2) is 0 Å². The molecule has 0 radical (unpaired) electrons. The van der Waals surface area contributed by atoms with Crippen LogP contribution in [0, 0.1) is 0 Å². The quantitative estimate of drug-likeness (QED) is 0.543. The van der Waals surface area contributed by atoms with Gasteiger partial charge >= 0.3 is 0 Å². The average Bonchev–Trinajstić information content (AvgIpc) is 2.40. The molecule has 0 aromatic carbocycles. The van der Waals surface area contributed by atoms with E-state index in [1.54, 1.807) is 6.08 Å². The molecule has 2 nitrogen and oxygen atoms in total. The molecule has 0 unspecified atom stereocenters. The zero-order valence-electron chi connectivity index (χ0n) is 7.05. The molecule has 12 heavy (non-hydrogen) atoms. The lowest BCUT2D eigenvalue weighted by molar-refractivity contribution is -0.110. The van der Waals surface area contributed by atoms with Gasteiger partial charge in [-0.05, 0) is 13.3 Å². The van der Waals surface area contributed by atoms with Gasteiger partial charge in [-0.1, -0.05) is 12.2 Å². The molecule has 2 rings (SSSR count). The Kier molecular flexibility index (Phi) is 1.61. The van der Waals surface area contributed by atoms with Crippen LogP contribution in [0.4, 0.5) is 0 Å². The molecule has 2 aliphatic rings. The fourth-order valence-corrected chi connectivity index (χ4v) is 1.65. The molecule has 0 fully saturated rings. The maximum Gasteiger partial charge on any atom is 0.188 e. The van der Waals surface area contributed by atoms with Gasteiger partial charge < -0.3 is 5.32 Å². The Bertz CT molecular complexity index is 321. The molecule has 0 spiro atoms. The summed E-state index contributed by atoms with van der Waals surface area (Å²) in [4.78, 5) is 11.3. The molecule has 2 heteroatoms. The maximum absolute atomic E-state index is 11.3. The summed E-state index contributed by atoms with van der Waals surface area (Å²) in [6, 6.07) is 0. The standard InChI is InChI=1S/C10H11NO/c1-2-7-8-4-3-5-11-9(8)6-10(7)12/h2,4,6,11H,3,5H2,1H3. The van der Waals surface area contributed by atoms with Crippen molar-refractivity contribution in [3.63, 3.8) is 0 Å². The van der Waals surface area contributed by atoms with E-state index < -0.39 is 0 Å². The fourth-order valence-electron chi connectivity index (χ4n) is 1.65. The monoisotopic (exact) mass is 161 g/mol. The first kappa shape index (κ1) is 7.35. The van der Waals surface area contributed by atoms with E-state index in [0.717, 1.165) is 29.8 Å². The number of allylic oxidation sites excluding steroid dienone is 3. The molecular formula is C10H11NO. The van der Waals surface area contributed by atoms with Crippen molar-refractivity contribution in [3.05, 3.63) is 35.1 Å². The van der Waals surface area contributed by atoms with Gasteiger partial charge in [0.2, 0.25) is 0 Å². The molecule has 1 aliphatic heterocycles. The summed E-state index contributed by atoms with van der Waals surface area (Å²) in [6.07, 6.45) is 6.70. The van der Waals surface area contributed by atoms with E-state index in [0.29, 0.717) is 0 Å². The van der Waals surface area contributed by atoms with Crippen LogP contribution >= 0.6 is 0 Å². The number of carbonyl (C=O) groups excluding carboxylic acids is 1. The number of nitrogens with one attached hydrogen (secondary N) is 1. The molecule has 62 valence electrons.